The van der Waals surface area contributed by atoms with E-state index >= 15 is 0 Å². The zero-order valence-electron chi connectivity index (χ0n) is 10.4. The molecular weight excluding hydrogens is 340 g/mol. The van der Waals surface area contributed by atoms with E-state index in [-0.39, 0.29) is 12.3 Å². The lowest BCUT2D eigenvalue weighted by Gasteiger charge is -2.07. The standard InChI is InChI=1S/C15H10BrClN2O/c16-12-3-1-2-10(6-12)8-15(20)19-14-5-4-11(9-18)7-13(14)17/h1-7H,8H2,(H,19,20). The largest absolute Gasteiger partial charge is 0.324 e. The summed E-state index contributed by atoms with van der Waals surface area (Å²) in [6, 6.07) is 14.3. The number of nitrogens with zero attached hydrogens (tertiary/aromatic N) is 1. The second-order valence-corrected chi connectivity index (χ2v) is 5.48. The molecule has 20 heavy (non-hydrogen) atoms. The van der Waals surface area contributed by atoms with Crippen molar-refractivity contribution in [3.8, 4) is 6.07 Å². The monoisotopic (exact) mass is 348 g/mol. The first-order valence-electron chi connectivity index (χ1n) is 5.82. The molecule has 0 spiro atoms. The van der Waals surface area contributed by atoms with Gasteiger partial charge in [-0.1, -0.05) is 39.7 Å². The van der Waals surface area contributed by atoms with Crippen LogP contribution in [0.4, 0.5) is 5.69 Å². The van der Waals surface area contributed by atoms with Crippen LogP contribution < -0.4 is 5.32 Å². The number of anilines is 1. The molecule has 0 atom stereocenters. The maximum absolute atomic E-state index is 11.9. The van der Waals surface area contributed by atoms with Crippen LogP contribution >= 0.6 is 27.5 Å². The van der Waals surface area contributed by atoms with E-state index in [0.717, 1.165) is 10.0 Å². The predicted molar refractivity (Wildman–Crippen MR) is 82.6 cm³/mol. The van der Waals surface area contributed by atoms with Crippen molar-refractivity contribution in [1.29, 1.82) is 5.26 Å². The Morgan fingerprint density at radius 3 is 2.75 bits per heavy atom. The molecule has 1 amide bonds. The van der Waals surface area contributed by atoms with E-state index in [2.05, 4.69) is 21.2 Å². The number of halogens is 2. The topological polar surface area (TPSA) is 52.9 Å². The summed E-state index contributed by atoms with van der Waals surface area (Å²) >= 11 is 9.37. The summed E-state index contributed by atoms with van der Waals surface area (Å²) in [7, 11) is 0. The summed E-state index contributed by atoms with van der Waals surface area (Å²) in [5.74, 6) is -0.158. The molecule has 0 heterocycles. The van der Waals surface area contributed by atoms with Gasteiger partial charge in [-0.15, -0.1) is 0 Å². The fourth-order valence-corrected chi connectivity index (χ4v) is 2.39. The lowest BCUT2D eigenvalue weighted by molar-refractivity contribution is -0.115. The summed E-state index contributed by atoms with van der Waals surface area (Å²) < 4.78 is 0.930. The lowest BCUT2D eigenvalue weighted by Crippen LogP contribution is -2.14. The molecule has 1 N–H and O–H groups in total. The molecule has 0 radical (unpaired) electrons. The first-order chi connectivity index (χ1) is 9.58. The van der Waals surface area contributed by atoms with Crippen LogP contribution in [0.3, 0.4) is 0 Å². The van der Waals surface area contributed by atoms with Gasteiger partial charge in [0.05, 0.1) is 28.8 Å². The van der Waals surface area contributed by atoms with Crippen molar-refractivity contribution in [3.63, 3.8) is 0 Å². The van der Waals surface area contributed by atoms with Crippen LogP contribution in [0.5, 0.6) is 0 Å². The molecule has 5 heteroatoms. The number of carbonyl (C=O) groups excluding carboxylic acids is 1. The first-order valence-corrected chi connectivity index (χ1v) is 6.99. The molecule has 0 saturated carbocycles. The van der Waals surface area contributed by atoms with E-state index in [1.54, 1.807) is 12.1 Å². The van der Waals surface area contributed by atoms with E-state index in [1.807, 2.05) is 30.3 Å². The Hall–Kier alpha value is -1.83. The highest BCUT2D eigenvalue weighted by atomic mass is 79.9. The van der Waals surface area contributed by atoms with Gasteiger partial charge in [-0.3, -0.25) is 4.79 Å². The van der Waals surface area contributed by atoms with Gasteiger partial charge in [-0.2, -0.15) is 5.26 Å². The van der Waals surface area contributed by atoms with Gasteiger partial charge in [0.2, 0.25) is 5.91 Å². The molecule has 0 aliphatic heterocycles. The summed E-state index contributed by atoms with van der Waals surface area (Å²) in [5, 5.41) is 11.8. The third kappa shape index (κ3) is 3.83. The van der Waals surface area contributed by atoms with Crippen LogP contribution in [0.2, 0.25) is 5.02 Å². The van der Waals surface area contributed by atoms with Gasteiger partial charge in [-0.05, 0) is 35.9 Å². The van der Waals surface area contributed by atoms with Crippen molar-refractivity contribution in [3.05, 3.63) is 63.1 Å². The van der Waals surface area contributed by atoms with Gasteiger partial charge < -0.3 is 5.32 Å². The SMILES string of the molecule is N#Cc1ccc(NC(=O)Cc2cccc(Br)c2)c(Cl)c1. The molecule has 0 aliphatic carbocycles. The van der Waals surface area contributed by atoms with Crippen LogP contribution in [0, 0.1) is 11.3 Å². The van der Waals surface area contributed by atoms with Gasteiger partial charge in [0.25, 0.3) is 0 Å². The minimum atomic E-state index is -0.158. The Morgan fingerprint density at radius 2 is 2.10 bits per heavy atom. The Bertz CT molecular complexity index is 695. The second kappa shape index (κ2) is 6.56. The quantitative estimate of drug-likeness (QED) is 0.905. The highest BCUT2D eigenvalue weighted by Crippen LogP contribution is 2.23. The Balaban J connectivity index is 2.07. The molecule has 0 saturated heterocycles. The third-order valence-corrected chi connectivity index (χ3v) is 3.43. The molecular formula is C15H10BrClN2O. The number of hydrogen-bond donors (Lipinski definition) is 1. The smallest absolute Gasteiger partial charge is 0.228 e. The summed E-state index contributed by atoms with van der Waals surface area (Å²) in [5.41, 5.74) is 1.87. The fraction of sp³-hybridized carbons (Fsp3) is 0.0667. The predicted octanol–water partition coefficient (Wildman–Crippen LogP) is 4.16. The normalized spacial score (nSPS) is 9.85. The molecule has 100 valence electrons. The number of benzene rings is 2. The van der Waals surface area contributed by atoms with Crippen LogP contribution in [0.25, 0.3) is 0 Å². The number of carbonyl (C=O) groups is 1. The van der Waals surface area contributed by atoms with Gasteiger partial charge in [0, 0.05) is 4.47 Å². The minimum absolute atomic E-state index is 0.158. The number of rotatable bonds is 3. The highest BCUT2D eigenvalue weighted by Gasteiger charge is 2.08. The average Bonchev–Trinajstić information content (AvgIpc) is 2.41. The van der Waals surface area contributed by atoms with E-state index in [4.69, 9.17) is 16.9 Å². The van der Waals surface area contributed by atoms with Gasteiger partial charge in [0.1, 0.15) is 0 Å². The van der Waals surface area contributed by atoms with E-state index in [0.29, 0.717) is 16.3 Å². The fourth-order valence-electron chi connectivity index (χ4n) is 1.71. The molecule has 0 unspecified atom stereocenters. The molecule has 0 bridgehead atoms. The van der Waals surface area contributed by atoms with Crippen LogP contribution in [-0.2, 0) is 11.2 Å². The summed E-state index contributed by atoms with van der Waals surface area (Å²) in [4.78, 5) is 11.9. The minimum Gasteiger partial charge on any atom is -0.324 e. The molecule has 2 aromatic rings. The zero-order valence-corrected chi connectivity index (χ0v) is 12.7. The molecule has 3 nitrogen and oxygen atoms in total. The molecule has 0 aliphatic rings. The van der Waals surface area contributed by atoms with Crippen molar-refractivity contribution in [2.24, 2.45) is 0 Å². The Kier molecular flexibility index (Phi) is 4.78. The zero-order chi connectivity index (χ0) is 14.5. The number of amides is 1. The Labute approximate surface area is 130 Å². The Morgan fingerprint density at radius 1 is 1.30 bits per heavy atom. The van der Waals surface area contributed by atoms with Crippen molar-refractivity contribution < 1.29 is 4.79 Å². The summed E-state index contributed by atoms with van der Waals surface area (Å²) in [6.07, 6.45) is 0.260. The highest BCUT2D eigenvalue weighted by molar-refractivity contribution is 9.10. The third-order valence-electron chi connectivity index (χ3n) is 2.63. The molecule has 0 fully saturated rings. The van der Waals surface area contributed by atoms with E-state index in [1.165, 1.54) is 6.07 Å². The van der Waals surface area contributed by atoms with E-state index < -0.39 is 0 Å². The second-order valence-electron chi connectivity index (χ2n) is 4.16. The van der Waals surface area contributed by atoms with Crippen LogP contribution in [-0.4, -0.2) is 5.91 Å². The van der Waals surface area contributed by atoms with Crippen LogP contribution in [0.1, 0.15) is 11.1 Å². The van der Waals surface area contributed by atoms with Crippen molar-refractivity contribution in [2.45, 2.75) is 6.42 Å². The molecule has 2 aromatic carbocycles. The average molecular weight is 350 g/mol. The van der Waals surface area contributed by atoms with Crippen LogP contribution in [0.15, 0.2) is 46.9 Å². The maximum atomic E-state index is 11.9. The first kappa shape index (κ1) is 14.6. The lowest BCUT2D eigenvalue weighted by atomic mass is 10.1. The van der Waals surface area contributed by atoms with Crippen molar-refractivity contribution in [1.82, 2.24) is 0 Å². The molecule has 2 rings (SSSR count). The number of nitrogens with one attached hydrogen (secondary N) is 1. The molecule has 0 aromatic heterocycles. The van der Waals surface area contributed by atoms with Crippen molar-refractivity contribution >= 4 is 39.1 Å². The van der Waals surface area contributed by atoms with Gasteiger partial charge >= 0.3 is 0 Å². The van der Waals surface area contributed by atoms with Gasteiger partial charge in [-0.25, -0.2) is 0 Å². The number of hydrogen-bond acceptors (Lipinski definition) is 2. The number of nitriles is 1. The summed E-state index contributed by atoms with van der Waals surface area (Å²) in [6.45, 7) is 0. The van der Waals surface area contributed by atoms with Crippen molar-refractivity contribution in [2.75, 3.05) is 5.32 Å². The van der Waals surface area contributed by atoms with E-state index in [9.17, 15) is 4.79 Å². The maximum Gasteiger partial charge on any atom is 0.228 e. The van der Waals surface area contributed by atoms with Gasteiger partial charge in [0.15, 0.2) is 0 Å².